The molecule has 0 unspecified atom stereocenters. The first-order chi connectivity index (χ1) is 10.6. The number of aromatic nitrogens is 1. The molecule has 0 bridgehead atoms. The summed E-state index contributed by atoms with van der Waals surface area (Å²) in [5.74, 6) is -0.314. The highest BCUT2D eigenvalue weighted by molar-refractivity contribution is 8.00. The van der Waals surface area contributed by atoms with Crippen LogP contribution in [0.3, 0.4) is 0 Å². The summed E-state index contributed by atoms with van der Waals surface area (Å²) in [7, 11) is 0. The van der Waals surface area contributed by atoms with E-state index in [0.29, 0.717) is 11.4 Å². The highest BCUT2D eigenvalue weighted by atomic mass is 32.2. The lowest BCUT2D eigenvalue weighted by Crippen LogP contribution is -1.87. The third-order valence-corrected chi connectivity index (χ3v) is 3.83. The van der Waals surface area contributed by atoms with E-state index < -0.39 is 11.6 Å². The zero-order chi connectivity index (χ0) is 15.5. The fraction of sp³-hybridized carbons (Fsp3) is 0.0625. The van der Waals surface area contributed by atoms with Gasteiger partial charge >= 0.3 is 0 Å². The van der Waals surface area contributed by atoms with Crippen molar-refractivity contribution < 1.29 is 13.3 Å². The Hall–Kier alpha value is -2.34. The van der Waals surface area contributed by atoms with Gasteiger partial charge in [-0.2, -0.15) is 0 Å². The molecule has 0 saturated carbocycles. The van der Waals surface area contributed by atoms with E-state index in [-0.39, 0.29) is 0 Å². The maximum absolute atomic E-state index is 13.2. The lowest BCUT2D eigenvalue weighted by molar-refractivity contribution is 0.400. The van der Waals surface area contributed by atoms with Crippen LogP contribution in [0.1, 0.15) is 5.76 Å². The summed E-state index contributed by atoms with van der Waals surface area (Å²) in [5.41, 5.74) is 1.45. The predicted molar refractivity (Wildman–Crippen MR) is 82.5 cm³/mol. The second-order valence-corrected chi connectivity index (χ2v) is 5.56. The van der Waals surface area contributed by atoms with Gasteiger partial charge in [-0.25, -0.2) is 8.78 Å². The van der Waals surface area contributed by atoms with Crippen LogP contribution >= 0.6 is 11.9 Å². The molecule has 0 fully saturated rings. The number of halogens is 2. The SMILES string of the molecule is Cc1cc(NSc2ccc(-c3ccc(F)c(F)c3)cc2)no1. The highest BCUT2D eigenvalue weighted by Crippen LogP contribution is 2.26. The van der Waals surface area contributed by atoms with Crippen LogP contribution in [0, 0.1) is 18.6 Å². The second kappa shape index (κ2) is 6.19. The van der Waals surface area contributed by atoms with Crippen molar-refractivity contribution in [2.24, 2.45) is 0 Å². The zero-order valence-electron chi connectivity index (χ0n) is 11.6. The molecule has 0 aliphatic rings. The van der Waals surface area contributed by atoms with Gasteiger partial charge in [0.2, 0.25) is 0 Å². The Morgan fingerprint density at radius 2 is 1.68 bits per heavy atom. The molecular weight excluding hydrogens is 306 g/mol. The Kier molecular flexibility index (Phi) is 4.11. The molecule has 1 heterocycles. The van der Waals surface area contributed by atoms with Crippen LogP contribution in [0.5, 0.6) is 0 Å². The average molecular weight is 318 g/mol. The molecule has 2 aromatic carbocycles. The number of anilines is 1. The number of rotatable bonds is 4. The quantitative estimate of drug-likeness (QED) is 0.683. The molecule has 0 aliphatic heterocycles. The molecule has 112 valence electrons. The van der Waals surface area contributed by atoms with Crippen molar-refractivity contribution in [1.29, 1.82) is 0 Å². The zero-order valence-corrected chi connectivity index (χ0v) is 12.5. The molecular formula is C16H12F2N2OS. The minimum atomic E-state index is -0.848. The highest BCUT2D eigenvalue weighted by Gasteiger charge is 2.05. The first-order valence-electron chi connectivity index (χ1n) is 6.53. The molecule has 0 spiro atoms. The van der Waals surface area contributed by atoms with Gasteiger partial charge in [0, 0.05) is 11.0 Å². The van der Waals surface area contributed by atoms with Gasteiger partial charge < -0.3 is 9.25 Å². The summed E-state index contributed by atoms with van der Waals surface area (Å²) in [6.07, 6.45) is 0. The van der Waals surface area contributed by atoms with E-state index in [4.69, 9.17) is 4.52 Å². The van der Waals surface area contributed by atoms with Crippen LogP contribution in [0.2, 0.25) is 0 Å². The van der Waals surface area contributed by atoms with Gasteiger partial charge in [-0.3, -0.25) is 0 Å². The monoisotopic (exact) mass is 318 g/mol. The smallest absolute Gasteiger partial charge is 0.179 e. The summed E-state index contributed by atoms with van der Waals surface area (Å²) in [4.78, 5) is 0.965. The lowest BCUT2D eigenvalue weighted by atomic mass is 10.1. The fourth-order valence-electron chi connectivity index (χ4n) is 1.92. The molecule has 0 amide bonds. The van der Waals surface area contributed by atoms with E-state index in [2.05, 4.69) is 9.88 Å². The van der Waals surface area contributed by atoms with Crippen molar-refractivity contribution in [1.82, 2.24) is 5.16 Å². The maximum atomic E-state index is 13.2. The van der Waals surface area contributed by atoms with Gasteiger partial charge in [0.1, 0.15) is 5.76 Å². The van der Waals surface area contributed by atoms with Gasteiger partial charge in [-0.05, 0) is 54.3 Å². The van der Waals surface area contributed by atoms with Gasteiger partial charge in [0.05, 0.1) is 0 Å². The van der Waals surface area contributed by atoms with Crippen LogP contribution in [0.25, 0.3) is 11.1 Å². The number of hydrogen-bond acceptors (Lipinski definition) is 4. The standard InChI is InChI=1S/C16H12F2N2OS/c1-10-8-16(19-21-10)20-22-13-5-2-11(3-6-13)12-4-7-14(17)15(18)9-12/h2-9H,1H3,(H,19,20). The summed E-state index contributed by atoms with van der Waals surface area (Å²) >= 11 is 1.39. The Morgan fingerprint density at radius 3 is 2.32 bits per heavy atom. The predicted octanol–water partition coefficient (Wildman–Crippen LogP) is 5.05. The van der Waals surface area contributed by atoms with E-state index >= 15 is 0 Å². The second-order valence-electron chi connectivity index (χ2n) is 4.68. The average Bonchev–Trinajstić information content (AvgIpc) is 2.94. The van der Waals surface area contributed by atoms with Crippen molar-refractivity contribution in [3.05, 3.63) is 65.9 Å². The Bertz CT molecular complexity index is 787. The minimum Gasteiger partial charge on any atom is -0.360 e. The third-order valence-electron chi connectivity index (χ3n) is 3.01. The first kappa shape index (κ1) is 14.6. The van der Waals surface area contributed by atoms with Gasteiger partial charge in [-0.15, -0.1) is 0 Å². The fourth-order valence-corrected chi connectivity index (χ4v) is 2.51. The number of aryl methyl sites for hydroxylation is 1. The molecule has 0 aliphatic carbocycles. The van der Waals surface area contributed by atoms with E-state index in [9.17, 15) is 8.78 Å². The number of nitrogens with one attached hydrogen (secondary N) is 1. The van der Waals surface area contributed by atoms with Crippen LogP contribution in [0.4, 0.5) is 14.6 Å². The number of benzene rings is 2. The maximum Gasteiger partial charge on any atom is 0.179 e. The van der Waals surface area contributed by atoms with Crippen molar-refractivity contribution in [3.63, 3.8) is 0 Å². The Labute approximate surface area is 130 Å². The summed E-state index contributed by atoms with van der Waals surface area (Å²) in [5, 5.41) is 3.83. The van der Waals surface area contributed by atoms with Crippen LogP contribution in [0.15, 0.2) is 57.9 Å². The first-order valence-corrected chi connectivity index (χ1v) is 7.35. The normalized spacial score (nSPS) is 10.7. The number of hydrogen-bond donors (Lipinski definition) is 1. The molecule has 3 nitrogen and oxygen atoms in total. The van der Waals surface area contributed by atoms with Crippen molar-refractivity contribution >= 4 is 17.8 Å². The minimum absolute atomic E-state index is 0.635. The van der Waals surface area contributed by atoms with Gasteiger partial charge in [0.15, 0.2) is 17.5 Å². The Balaban J connectivity index is 1.70. The van der Waals surface area contributed by atoms with Crippen LogP contribution in [-0.2, 0) is 0 Å². The molecule has 6 heteroatoms. The molecule has 1 N–H and O–H groups in total. The molecule has 0 atom stereocenters. The van der Waals surface area contributed by atoms with E-state index in [0.717, 1.165) is 22.3 Å². The summed E-state index contributed by atoms with van der Waals surface area (Å²) in [6, 6.07) is 13.1. The topological polar surface area (TPSA) is 38.1 Å². The largest absolute Gasteiger partial charge is 0.360 e. The number of nitrogens with zero attached hydrogens (tertiary/aromatic N) is 1. The lowest BCUT2D eigenvalue weighted by Gasteiger charge is -2.05. The van der Waals surface area contributed by atoms with Crippen LogP contribution < -0.4 is 4.72 Å². The van der Waals surface area contributed by atoms with Crippen molar-refractivity contribution in [2.45, 2.75) is 11.8 Å². The van der Waals surface area contributed by atoms with E-state index in [1.165, 1.54) is 18.0 Å². The van der Waals surface area contributed by atoms with Crippen molar-refractivity contribution in [3.8, 4) is 11.1 Å². The summed E-state index contributed by atoms with van der Waals surface area (Å²) in [6.45, 7) is 1.82. The molecule has 22 heavy (non-hydrogen) atoms. The molecule has 0 saturated heterocycles. The third kappa shape index (κ3) is 3.28. The van der Waals surface area contributed by atoms with E-state index in [1.54, 1.807) is 12.1 Å². The van der Waals surface area contributed by atoms with Crippen LogP contribution in [-0.4, -0.2) is 5.16 Å². The molecule has 3 aromatic rings. The summed E-state index contributed by atoms with van der Waals surface area (Å²) < 4.78 is 34.2. The Morgan fingerprint density at radius 1 is 0.955 bits per heavy atom. The van der Waals surface area contributed by atoms with Gasteiger partial charge in [0.25, 0.3) is 0 Å². The molecule has 0 radical (unpaired) electrons. The van der Waals surface area contributed by atoms with Crippen molar-refractivity contribution in [2.75, 3.05) is 4.72 Å². The molecule has 1 aromatic heterocycles. The van der Waals surface area contributed by atoms with E-state index in [1.807, 2.05) is 31.2 Å². The molecule has 3 rings (SSSR count). The van der Waals surface area contributed by atoms with Gasteiger partial charge in [-0.1, -0.05) is 23.4 Å².